The third-order valence-electron chi connectivity index (χ3n) is 3.28. The van der Waals surface area contributed by atoms with Crippen LogP contribution < -0.4 is 5.73 Å². The highest BCUT2D eigenvalue weighted by Gasteiger charge is 2.18. The maximum absolute atomic E-state index is 6.16. The number of halogens is 2. The molecule has 1 aromatic carbocycles. The van der Waals surface area contributed by atoms with Gasteiger partial charge in [0.15, 0.2) is 5.82 Å². The summed E-state index contributed by atoms with van der Waals surface area (Å²) in [4.78, 5) is 6.66. The third kappa shape index (κ3) is 4.12. The molecule has 2 N–H and O–H groups in total. The summed E-state index contributed by atoms with van der Waals surface area (Å²) in [7, 11) is 0. The second-order valence-electron chi connectivity index (χ2n) is 4.67. The molecule has 5 nitrogen and oxygen atoms in total. The maximum atomic E-state index is 6.16. The number of benzene rings is 1. The van der Waals surface area contributed by atoms with E-state index in [-0.39, 0.29) is 6.04 Å². The fourth-order valence-electron chi connectivity index (χ4n) is 2.00. The first-order chi connectivity index (χ1) is 10.0. The Labute approximate surface area is 141 Å². The van der Waals surface area contributed by atoms with Crippen LogP contribution >= 0.6 is 31.9 Å². The fraction of sp³-hybridized carbons (Fsp3) is 0.429. The van der Waals surface area contributed by atoms with E-state index >= 15 is 0 Å². The number of rotatable bonds is 6. The van der Waals surface area contributed by atoms with Crippen LogP contribution in [-0.2, 0) is 0 Å². The zero-order chi connectivity index (χ0) is 15.4. The van der Waals surface area contributed by atoms with E-state index in [2.05, 4.69) is 60.7 Å². The summed E-state index contributed by atoms with van der Waals surface area (Å²) in [6, 6.07) is 5.54. The lowest BCUT2D eigenvalue weighted by Gasteiger charge is -2.20. The van der Waals surface area contributed by atoms with Gasteiger partial charge in [-0.1, -0.05) is 34.9 Å². The first-order valence-electron chi connectivity index (χ1n) is 6.82. The predicted molar refractivity (Wildman–Crippen MR) is 89.9 cm³/mol. The molecule has 0 aliphatic rings. The Balaban J connectivity index is 2.19. The highest BCUT2D eigenvalue weighted by atomic mass is 79.9. The summed E-state index contributed by atoms with van der Waals surface area (Å²) in [5.41, 5.74) is 7.00. The number of aromatic nitrogens is 2. The highest BCUT2D eigenvalue weighted by Crippen LogP contribution is 2.30. The Morgan fingerprint density at radius 1 is 1.29 bits per heavy atom. The van der Waals surface area contributed by atoms with Crippen LogP contribution in [0.1, 0.15) is 25.7 Å². The molecule has 21 heavy (non-hydrogen) atoms. The molecule has 2 rings (SSSR count). The van der Waals surface area contributed by atoms with E-state index in [0.29, 0.717) is 18.3 Å². The largest absolute Gasteiger partial charge is 0.334 e. The van der Waals surface area contributed by atoms with Crippen LogP contribution in [0.15, 0.2) is 31.7 Å². The van der Waals surface area contributed by atoms with Gasteiger partial charge in [0.25, 0.3) is 5.89 Å². The summed E-state index contributed by atoms with van der Waals surface area (Å²) in [6.45, 7) is 6.83. The molecule has 114 valence electrons. The molecule has 0 saturated carbocycles. The monoisotopic (exact) mass is 416 g/mol. The number of hydrogen-bond donors (Lipinski definition) is 1. The fourth-order valence-corrected chi connectivity index (χ4v) is 2.78. The van der Waals surface area contributed by atoms with Gasteiger partial charge in [0.2, 0.25) is 0 Å². The van der Waals surface area contributed by atoms with E-state index < -0.39 is 0 Å². The first kappa shape index (κ1) is 16.6. The van der Waals surface area contributed by atoms with Crippen molar-refractivity contribution < 1.29 is 4.52 Å². The van der Waals surface area contributed by atoms with E-state index in [4.69, 9.17) is 10.3 Å². The van der Waals surface area contributed by atoms with Gasteiger partial charge >= 0.3 is 0 Å². The molecule has 7 heteroatoms. The summed E-state index contributed by atoms with van der Waals surface area (Å²) in [5.74, 6) is 0.997. The lowest BCUT2D eigenvalue weighted by molar-refractivity contribution is 0.278. The molecule has 0 aliphatic heterocycles. The van der Waals surface area contributed by atoms with Gasteiger partial charge in [0, 0.05) is 15.5 Å². The minimum absolute atomic E-state index is 0.256. The Kier molecular flexibility index (Phi) is 5.92. The minimum Gasteiger partial charge on any atom is -0.334 e. The summed E-state index contributed by atoms with van der Waals surface area (Å²) in [5, 5.41) is 4.01. The molecule has 0 aliphatic carbocycles. The van der Waals surface area contributed by atoms with Crippen LogP contribution in [-0.4, -0.2) is 34.7 Å². The Hall–Kier alpha value is -0.760. The molecule has 0 fully saturated rings. The molecular formula is C14H18Br2N4O. The second kappa shape index (κ2) is 7.49. The van der Waals surface area contributed by atoms with E-state index in [1.165, 1.54) is 0 Å². The van der Waals surface area contributed by atoms with Gasteiger partial charge in [-0.05, 0) is 47.2 Å². The van der Waals surface area contributed by atoms with E-state index in [0.717, 1.165) is 27.6 Å². The van der Waals surface area contributed by atoms with Crippen molar-refractivity contribution in [1.82, 2.24) is 15.0 Å². The van der Waals surface area contributed by atoms with Crippen molar-refractivity contribution >= 4 is 31.9 Å². The minimum atomic E-state index is -0.256. The van der Waals surface area contributed by atoms with Gasteiger partial charge in [-0.15, -0.1) is 0 Å². The molecular weight excluding hydrogens is 400 g/mol. The van der Waals surface area contributed by atoms with Crippen molar-refractivity contribution in [2.24, 2.45) is 5.73 Å². The Morgan fingerprint density at radius 3 is 2.67 bits per heavy atom. The first-order valence-corrected chi connectivity index (χ1v) is 8.40. The lowest BCUT2D eigenvalue weighted by atomic mass is 10.2. The number of hydrogen-bond acceptors (Lipinski definition) is 5. The Morgan fingerprint density at radius 2 is 2.00 bits per heavy atom. The van der Waals surface area contributed by atoms with Gasteiger partial charge in [0.05, 0.1) is 11.6 Å². The summed E-state index contributed by atoms with van der Waals surface area (Å²) >= 11 is 6.93. The second-order valence-corrected chi connectivity index (χ2v) is 6.44. The molecule has 0 saturated heterocycles. The van der Waals surface area contributed by atoms with Gasteiger partial charge in [-0.2, -0.15) is 4.98 Å². The Bertz CT molecular complexity index is 598. The number of nitrogens with zero attached hydrogens (tertiary/aromatic N) is 3. The molecule has 1 unspecified atom stereocenters. The third-order valence-corrected chi connectivity index (χ3v) is 4.47. The molecule has 0 bridgehead atoms. The molecule has 0 amide bonds. The highest BCUT2D eigenvalue weighted by molar-refractivity contribution is 9.11. The van der Waals surface area contributed by atoms with Crippen LogP contribution in [0.25, 0.3) is 11.5 Å². The zero-order valence-electron chi connectivity index (χ0n) is 12.0. The smallest absolute Gasteiger partial charge is 0.259 e. The van der Waals surface area contributed by atoms with Crippen molar-refractivity contribution in [3.63, 3.8) is 0 Å². The van der Waals surface area contributed by atoms with Crippen LogP contribution in [0.5, 0.6) is 0 Å². The lowest BCUT2D eigenvalue weighted by Crippen LogP contribution is -2.32. The average molecular weight is 418 g/mol. The van der Waals surface area contributed by atoms with Gasteiger partial charge in [-0.3, -0.25) is 0 Å². The molecule has 0 spiro atoms. The van der Waals surface area contributed by atoms with Crippen molar-refractivity contribution in [3.8, 4) is 11.5 Å². The summed E-state index contributed by atoms with van der Waals surface area (Å²) in [6.07, 6.45) is 0. The predicted octanol–water partition coefficient (Wildman–Crippen LogP) is 3.60. The van der Waals surface area contributed by atoms with Crippen LogP contribution in [0, 0.1) is 0 Å². The van der Waals surface area contributed by atoms with E-state index in [1.807, 2.05) is 18.2 Å². The van der Waals surface area contributed by atoms with Crippen LogP contribution in [0.3, 0.4) is 0 Å². The summed E-state index contributed by atoms with van der Waals surface area (Å²) < 4.78 is 7.20. The number of nitrogens with two attached hydrogens (primary N) is 1. The zero-order valence-corrected chi connectivity index (χ0v) is 15.2. The van der Waals surface area contributed by atoms with Crippen LogP contribution in [0.2, 0.25) is 0 Å². The molecule has 0 radical (unpaired) electrons. The van der Waals surface area contributed by atoms with Crippen molar-refractivity contribution in [1.29, 1.82) is 0 Å². The van der Waals surface area contributed by atoms with Crippen LogP contribution in [0.4, 0.5) is 0 Å². The van der Waals surface area contributed by atoms with E-state index in [1.54, 1.807) is 0 Å². The topological polar surface area (TPSA) is 68.2 Å². The van der Waals surface area contributed by atoms with Crippen molar-refractivity contribution in [2.45, 2.75) is 19.9 Å². The average Bonchev–Trinajstić information content (AvgIpc) is 2.96. The molecule has 1 aromatic heterocycles. The molecule has 2 aromatic rings. The van der Waals surface area contributed by atoms with Crippen molar-refractivity contribution in [2.75, 3.05) is 19.6 Å². The molecule has 1 atom stereocenters. The van der Waals surface area contributed by atoms with Gasteiger partial charge in [-0.25, -0.2) is 0 Å². The van der Waals surface area contributed by atoms with Gasteiger partial charge in [0.1, 0.15) is 0 Å². The quantitative estimate of drug-likeness (QED) is 0.777. The van der Waals surface area contributed by atoms with Crippen molar-refractivity contribution in [3.05, 3.63) is 33.0 Å². The normalized spacial score (nSPS) is 12.9. The number of likely N-dealkylation sites (N-methyl/N-ethyl adjacent to an activating group) is 1. The van der Waals surface area contributed by atoms with E-state index in [9.17, 15) is 0 Å². The molecule has 1 heterocycles. The maximum Gasteiger partial charge on any atom is 0.259 e. The SMILES string of the molecule is CCN(CC)CC(N)c1noc(-c2cc(Br)ccc2Br)n1. The van der Waals surface area contributed by atoms with Gasteiger partial charge < -0.3 is 15.2 Å². The standard InChI is InChI=1S/C14H18Br2N4O/c1-3-20(4-2)8-12(17)13-18-14(21-19-13)10-7-9(15)5-6-11(10)16/h5-7,12H,3-4,8,17H2,1-2H3.